The summed E-state index contributed by atoms with van der Waals surface area (Å²) in [5, 5.41) is 22.6. The highest BCUT2D eigenvalue weighted by Gasteiger charge is 2.28. The van der Waals surface area contributed by atoms with E-state index < -0.39 is 18.0 Å². The molecule has 13 nitrogen and oxygen atoms in total. The molecule has 2 atom stereocenters. The Kier molecular flexibility index (Phi) is 6.65. The van der Waals surface area contributed by atoms with Gasteiger partial charge in [0.1, 0.15) is 5.82 Å². The second-order valence-electron chi connectivity index (χ2n) is 8.10. The molecule has 0 bridgehead atoms. The minimum atomic E-state index is -0.978. The summed E-state index contributed by atoms with van der Waals surface area (Å²) in [4.78, 5) is 36.2. The predicted octanol–water partition coefficient (Wildman–Crippen LogP) is 2.33. The number of aromatic amines is 1. The van der Waals surface area contributed by atoms with Crippen molar-refractivity contribution in [1.29, 1.82) is 0 Å². The summed E-state index contributed by atoms with van der Waals surface area (Å²) in [6.45, 7) is 4.80. The number of hydrogen-bond acceptors (Lipinski definition) is 10. The Morgan fingerprint density at radius 3 is 2.71 bits per heavy atom. The van der Waals surface area contributed by atoms with E-state index >= 15 is 0 Å². The van der Waals surface area contributed by atoms with E-state index in [2.05, 4.69) is 45.8 Å². The number of aryl methyl sites for hydroxylation is 1. The molecule has 1 saturated heterocycles. The van der Waals surface area contributed by atoms with Gasteiger partial charge in [-0.1, -0.05) is 0 Å². The molecule has 0 aromatic carbocycles. The predicted molar refractivity (Wildman–Crippen MR) is 121 cm³/mol. The SMILES string of the molecule is Cc1cc(Nc2nc(N[C@@H](C)c3ncc(F)cn3)nc(N3CCC[C@@H](N(C)C(=O)O)C3)n2)n[nH]1. The molecule has 0 spiro atoms. The van der Waals surface area contributed by atoms with Crippen LogP contribution in [-0.2, 0) is 0 Å². The first-order chi connectivity index (χ1) is 16.3. The molecule has 3 aromatic heterocycles. The fourth-order valence-electron chi connectivity index (χ4n) is 3.64. The number of nitrogens with zero attached hydrogens (tertiary/aromatic N) is 8. The van der Waals surface area contributed by atoms with Crippen LogP contribution < -0.4 is 15.5 Å². The number of amides is 1. The standard InChI is InChI=1S/C20H26FN11O2/c1-11-7-15(30-29-11)25-18-26-17(24-12(2)16-22-8-13(21)9-23-16)27-19(28-18)32-6-4-5-14(10-32)31(3)20(33)34/h7-9,12,14H,4-6,10H2,1-3H3,(H,33,34)(H3,24,25,26,27,28,29,30)/t12-,14+/m0/s1. The van der Waals surface area contributed by atoms with E-state index in [0.29, 0.717) is 30.7 Å². The normalized spacial score (nSPS) is 16.7. The molecule has 14 heteroatoms. The third-order valence-corrected chi connectivity index (χ3v) is 5.47. The molecule has 1 fully saturated rings. The highest BCUT2D eigenvalue weighted by Crippen LogP contribution is 2.23. The summed E-state index contributed by atoms with van der Waals surface area (Å²) >= 11 is 0. The van der Waals surface area contributed by atoms with Crippen LogP contribution in [0.2, 0.25) is 0 Å². The van der Waals surface area contributed by atoms with E-state index in [9.17, 15) is 14.3 Å². The molecular weight excluding hydrogens is 445 g/mol. The minimum Gasteiger partial charge on any atom is -0.465 e. The molecule has 0 aliphatic carbocycles. The molecular formula is C20H26FN11O2. The number of nitrogens with one attached hydrogen (secondary N) is 3. The van der Waals surface area contributed by atoms with Gasteiger partial charge in [-0.2, -0.15) is 20.1 Å². The summed E-state index contributed by atoms with van der Waals surface area (Å²) in [5.41, 5.74) is 0.868. The highest BCUT2D eigenvalue weighted by molar-refractivity contribution is 5.65. The molecule has 1 aliphatic rings. The van der Waals surface area contributed by atoms with Crippen LogP contribution in [0.25, 0.3) is 0 Å². The lowest BCUT2D eigenvalue weighted by molar-refractivity contribution is 0.133. The summed E-state index contributed by atoms with van der Waals surface area (Å²) < 4.78 is 13.2. The van der Waals surface area contributed by atoms with Crippen molar-refractivity contribution >= 4 is 29.8 Å². The number of carboxylic acid groups (broad SMARTS) is 1. The van der Waals surface area contributed by atoms with Crippen molar-refractivity contribution in [2.45, 2.75) is 38.8 Å². The lowest BCUT2D eigenvalue weighted by atomic mass is 10.1. The van der Waals surface area contributed by atoms with Gasteiger partial charge in [-0.25, -0.2) is 19.2 Å². The van der Waals surface area contributed by atoms with Crippen LogP contribution in [0.1, 0.15) is 37.3 Å². The zero-order chi connectivity index (χ0) is 24.2. The lowest BCUT2D eigenvalue weighted by Crippen LogP contribution is -2.48. The molecule has 3 aromatic rings. The number of anilines is 4. The van der Waals surface area contributed by atoms with Crippen LogP contribution in [0.15, 0.2) is 18.5 Å². The van der Waals surface area contributed by atoms with Crippen LogP contribution >= 0.6 is 0 Å². The number of likely N-dealkylation sites (N-methyl/N-ethyl adjacent to an activating group) is 1. The Morgan fingerprint density at radius 2 is 2.03 bits per heavy atom. The van der Waals surface area contributed by atoms with Crippen molar-refractivity contribution < 1.29 is 14.3 Å². The van der Waals surface area contributed by atoms with Gasteiger partial charge in [-0.3, -0.25) is 5.10 Å². The Morgan fingerprint density at radius 1 is 1.29 bits per heavy atom. The third-order valence-electron chi connectivity index (χ3n) is 5.47. The molecule has 1 aliphatic heterocycles. The minimum absolute atomic E-state index is 0.184. The average molecular weight is 472 g/mol. The average Bonchev–Trinajstić information content (AvgIpc) is 3.23. The second-order valence-corrected chi connectivity index (χ2v) is 8.10. The second kappa shape index (κ2) is 9.80. The van der Waals surface area contributed by atoms with Crippen LogP contribution in [0.3, 0.4) is 0 Å². The molecule has 0 unspecified atom stereocenters. The molecule has 180 valence electrons. The van der Waals surface area contributed by atoms with E-state index in [0.717, 1.165) is 30.9 Å². The third kappa shape index (κ3) is 5.44. The van der Waals surface area contributed by atoms with Gasteiger partial charge in [0.15, 0.2) is 11.6 Å². The van der Waals surface area contributed by atoms with E-state index in [-0.39, 0.29) is 17.9 Å². The zero-order valence-corrected chi connectivity index (χ0v) is 19.0. The van der Waals surface area contributed by atoms with Gasteiger partial charge >= 0.3 is 6.09 Å². The smallest absolute Gasteiger partial charge is 0.407 e. The fourth-order valence-corrected chi connectivity index (χ4v) is 3.64. The highest BCUT2D eigenvalue weighted by atomic mass is 19.1. The zero-order valence-electron chi connectivity index (χ0n) is 19.0. The Hall–Kier alpha value is -4.10. The molecule has 0 radical (unpaired) electrons. The summed E-state index contributed by atoms with van der Waals surface area (Å²) in [6.07, 6.45) is 2.76. The Balaban J connectivity index is 1.61. The molecule has 34 heavy (non-hydrogen) atoms. The van der Waals surface area contributed by atoms with Crippen LogP contribution in [-0.4, -0.2) is 77.4 Å². The first-order valence-electron chi connectivity index (χ1n) is 10.8. The van der Waals surface area contributed by atoms with Crippen LogP contribution in [0.4, 0.5) is 32.8 Å². The van der Waals surface area contributed by atoms with E-state index in [1.54, 1.807) is 14.0 Å². The topological polar surface area (TPSA) is 161 Å². The number of hydrogen-bond donors (Lipinski definition) is 4. The van der Waals surface area contributed by atoms with Gasteiger partial charge < -0.3 is 25.5 Å². The quantitative estimate of drug-likeness (QED) is 0.400. The molecule has 4 rings (SSSR count). The van der Waals surface area contributed by atoms with Crippen molar-refractivity contribution in [2.24, 2.45) is 0 Å². The summed E-state index contributed by atoms with van der Waals surface area (Å²) in [6, 6.07) is 1.21. The molecule has 4 heterocycles. The van der Waals surface area contributed by atoms with Gasteiger partial charge in [0.05, 0.1) is 24.5 Å². The Bertz CT molecular complexity index is 1140. The van der Waals surface area contributed by atoms with Gasteiger partial charge in [-0.05, 0) is 26.7 Å². The van der Waals surface area contributed by atoms with E-state index in [4.69, 9.17) is 0 Å². The van der Waals surface area contributed by atoms with E-state index in [1.807, 2.05) is 17.9 Å². The van der Waals surface area contributed by atoms with Gasteiger partial charge in [0.2, 0.25) is 17.8 Å². The number of H-pyrrole nitrogens is 1. The van der Waals surface area contributed by atoms with Gasteiger partial charge in [0.25, 0.3) is 0 Å². The number of halogens is 1. The maximum atomic E-state index is 13.2. The number of piperidine rings is 1. The first-order valence-corrected chi connectivity index (χ1v) is 10.8. The fraction of sp³-hybridized carbons (Fsp3) is 0.450. The van der Waals surface area contributed by atoms with Crippen molar-refractivity contribution in [3.05, 3.63) is 35.8 Å². The van der Waals surface area contributed by atoms with Crippen molar-refractivity contribution in [1.82, 2.24) is 40.0 Å². The summed E-state index contributed by atoms with van der Waals surface area (Å²) in [7, 11) is 1.56. The summed E-state index contributed by atoms with van der Waals surface area (Å²) in [5.74, 6) is 1.31. The van der Waals surface area contributed by atoms with E-state index in [1.165, 1.54) is 4.90 Å². The van der Waals surface area contributed by atoms with Gasteiger partial charge in [-0.15, -0.1) is 0 Å². The molecule has 0 saturated carbocycles. The number of aromatic nitrogens is 7. The Labute approximate surface area is 194 Å². The van der Waals surface area contributed by atoms with Crippen molar-refractivity contribution in [3.63, 3.8) is 0 Å². The first kappa shape index (κ1) is 23.1. The van der Waals surface area contributed by atoms with Crippen molar-refractivity contribution in [3.8, 4) is 0 Å². The number of rotatable bonds is 7. The van der Waals surface area contributed by atoms with Gasteiger partial charge in [0, 0.05) is 31.9 Å². The maximum absolute atomic E-state index is 13.2. The van der Waals surface area contributed by atoms with Crippen LogP contribution in [0, 0.1) is 12.7 Å². The molecule has 1 amide bonds. The number of carbonyl (C=O) groups is 1. The lowest BCUT2D eigenvalue weighted by Gasteiger charge is -2.36. The maximum Gasteiger partial charge on any atom is 0.407 e. The van der Waals surface area contributed by atoms with Crippen molar-refractivity contribution in [2.75, 3.05) is 35.7 Å². The van der Waals surface area contributed by atoms with Crippen LogP contribution in [0.5, 0.6) is 0 Å². The largest absolute Gasteiger partial charge is 0.465 e. The molecule has 4 N–H and O–H groups in total. The monoisotopic (exact) mass is 471 g/mol.